The highest BCUT2D eigenvalue weighted by atomic mass is 35.5. The summed E-state index contributed by atoms with van der Waals surface area (Å²) >= 11 is 0. The number of benzene rings is 1. The number of carbonyl (C=O) groups is 3. The molecule has 7 nitrogen and oxygen atoms in total. The van der Waals surface area contributed by atoms with Gasteiger partial charge in [0.2, 0.25) is 11.8 Å². The minimum Gasteiger partial charge on any atom is -0.339 e. The van der Waals surface area contributed by atoms with E-state index in [2.05, 4.69) is 10.7 Å². The van der Waals surface area contributed by atoms with Gasteiger partial charge >= 0.3 is 0 Å². The van der Waals surface area contributed by atoms with Crippen molar-refractivity contribution in [2.24, 2.45) is 5.41 Å². The van der Waals surface area contributed by atoms with Crippen molar-refractivity contribution in [3.05, 3.63) is 29.8 Å². The lowest BCUT2D eigenvalue weighted by Crippen LogP contribution is -2.50. The van der Waals surface area contributed by atoms with Crippen LogP contribution in [0.4, 0.5) is 5.69 Å². The van der Waals surface area contributed by atoms with Crippen molar-refractivity contribution in [2.45, 2.75) is 32.1 Å². The number of amides is 3. The first-order chi connectivity index (χ1) is 12.6. The van der Waals surface area contributed by atoms with Crippen LogP contribution in [0.5, 0.6) is 0 Å². The van der Waals surface area contributed by atoms with Crippen LogP contribution in [0.2, 0.25) is 0 Å². The lowest BCUT2D eigenvalue weighted by Gasteiger charge is -2.39. The maximum atomic E-state index is 12.8. The normalized spacial score (nSPS) is 21.8. The van der Waals surface area contributed by atoms with Gasteiger partial charge in [0.05, 0.1) is 5.69 Å². The van der Waals surface area contributed by atoms with Crippen LogP contribution >= 0.6 is 12.4 Å². The molecule has 3 amide bonds. The molecule has 146 valence electrons. The third-order valence-corrected chi connectivity index (χ3v) is 5.87. The highest BCUT2D eigenvalue weighted by molar-refractivity contribution is 6.01. The predicted octanol–water partition coefficient (Wildman–Crippen LogP) is 1.48. The lowest BCUT2D eigenvalue weighted by atomic mass is 9.78. The van der Waals surface area contributed by atoms with Gasteiger partial charge in [-0.25, -0.2) is 5.01 Å². The van der Waals surface area contributed by atoms with Crippen molar-refractivity contribution in [3.8, 4) is 0 Å². The Labute approximate surface area is 164 Å². The molecular weight excluding hydrogens is 368 g/mol. The first kappa shape index (κ1) is 19.6. The molecule has 8 heteroatoms. The zero-order valence-electron chi connectivity index (χ0n) is 15.2. The largest absolute Gasteiger partial charge is 0.339 e. The molecule has 0 atom stereocenters. The topological polar surface area (TPSA) is 81.8 Å². The molecule has 0 aliphatic carbocycles. The third kappa shape index (κ3) is 3.94. The van der Waals surface area contributed by atoms with E-state index in [9.17, 15) is 14.4 Å². The minimum atomic E-state index is -0.173. The van der Waals surface area contributed by atoms with Crippen LogP contribution in [-0.4, -0.2) is 48.8 Å². The molecule has 27 heavy (non-hydrogen) atoms. The SMILES string of the molecule is Cl.O=C1CCC(=O)N(c2ccc(C(=O)N3CCC4(CCNC4)CC3)cc2)N1. The predicted molar refractivity (Wildman–Crippen MR) is 104 cm³/mol. The number of anilines is 1. The molecule has 4 rings (SSSR count). The van der Waals surface area contributed by atoms with E-state index in [-0.39, 0.29) is 43.0 Å². The van der Waals surface area contributed by atoms with E-state index < -0.39 is 0 Å². The number of nitrogens with zero attached hydrogens (tertiary/aromatic N) is 2. The van der Waals surface area contributed by atoms with E-state index in [4.69, 9.17) is 0 Å². The molecule has 0 unspecified atom stereocenters. The van der Waals surface area contributed by atoms with Crippen LogP contribution in [0.15, 0.2) is 24.3 Å². The van der Waals surface area contributed by atoms with Crippen molar-refractivity contribution >= 4 is 35.8 Å². The summed E-state index contributed by atoms with van der Waals surface area (Å²) in [5, 5.41) is 4.70. The Kier molecular flexibility index (Phi) is 5.72. The van der Waals surface area contributed by atoms with E-state index in [0.717, 1.165) is 39.0 Å². The Morgan fingerprint density at radius 2 is 1.70 bits per heavy atom. The summed E-state index contributed by atoms with van der Waals surface area (Å²) in [6.07, 6.45) is 3.74. The van der Waals surface area contributed by atoms with E-state index in [1.54, 1.807) is 24.3 Å². The fourth-order valence-corrected chi connectivity index (χ4v) is 4.13. The molecule has 1 spiro atoms. The number of hydrogen-bond acceptors (Lipinski definition) is 4. The maximum Gasteiger partial charge on any atom is 0.253 e. The van der Waals surface area contributed by atoms with Crippen LogP contribution in [-0.2, 0) is 9.59 Å². The number of hydrogen-bond donors (Lipinski definition) is 2. The second-order valence-corrected chi connectivity index (χ2v) is 7.53. The number of likely N-dealkylation sites (tertiary alicyclic amines) is 1. The lowest BCUT2D eigenvalue weighted by molar-refractivity contribution is -0.130. The average Bonchev–Trinajstić information content (AvgIpc) is 3.12. The quantitative estimate of drug-likeness (QED) is 0.798. The fraction of sp³-hybridized carbons (Fsp3) is 0.526. The summed E-state index contributed by atoms with van der Waals surface area (Å²) in [4.78, 5) is 38.2. The molecule has 3 aliphatic heterocycles. The average molecular weight is 393 g/mol. The van der Waals surface area contributed by atoms with Gasteiger partial charge in [-0.1, -0.05) is 0 Å². The smallest absolute Gasteiger partial charge is 0.253 e. The molecule has 3 aliphatic rings. The summed E-state index contributed by atoms with van der Waals surface area (Å²) in [5.74, 6) is -0.282. The molecule has 0 aromatic heterocycles. The van der Waals surface area contributed by atoms with Crippen LogP contribution in [0.25, 0.3) is 0 Å². The number of nitrogens with one attached hydrogen (secondary N) is 2. The molecule has 0 bridgehead atoms. The van der Waals surface area contributed by atoms with E-state index in [1.807, 2.05) is 4.90 Å². The number of piperidine rings is 1. The minimum absolute atomic E-state index is 0. The first-order valence-corrected chi connectivity index (χ1v) is 9.29. The van der Waals surface area contributed by atoms with Gasteiger partial charge in [-0.2, -0.15) is 0 Å². The molecule has 3 fully saturated rings. The molecule has 2 N–H and O–H groups in total. The Morgan fingerprint density at radius 3 is 2.33 bits per heavy atom. The van der Waals surface area contributed by atoms with Crippen LogP contribution < -0.4 is 15.8 Å². The summed E-state index contributed by atoms with van der Waals surface area (Å²) in [5.41, 5.74) is 4.14. The van der Waals surface area contributed by atoms with E-state index in [1.165, 1.54) is 11.4 Å². The second kappa shape index (κ2) is 7.86. The molecule has 3 heterocycles. The van der Waals surface area contributed by atoms with Crippen molar-refractivity contribution in [1.29, 1.82) is 0 Å². The molecular formula is C19H25ClN4O3. The molecule has 1 aromatic rings. The maximum absolute atomic E-state index is 12.8. The van der Waals surface area contributed by atoms with Crippen molar-refractivity contribution in [2.75, 3.05) is 31.2 Å². The van der Waals surface area contributed by atoms with Crippen LogP contribution in [0.3, 0.4) is 0 Å². The van der Waals surface area contributed by atoms with Crippen LogP contribution in [0, 0.1) is 5.41 Å². The summed E-state index contributed by atoms with van der Waals surface area (Å²) in [6, 6.07) is 6.88. The van der Waals surface area contributed by atoms with Gasteiger partial charge in [0.15, 0.2) is 0 Å². The Hall–Kier alpha value is -2.12. The van der Waals surface area contributed by atoms with Crippen molar-refractivity contribution in [1.82, 2.24) is 15.6 Å². The number of rotatable bonds is 2. The van der Waals surface area contributed by atoms with Gasteiger partial charge in [-0.15, -0.1) is 12.4 Å². The number of carbonyl (C=O) groups excluding carboxylic acids is 3. The number of halogens is 1. The van der Waals surface area contributed by atoms with Crippen LogP contribution in [0.1, 0.15) is 42.5 Å². The highest BCUT2D eigenvalue weighted by Gasteiger charge is 2.38. The van der Waals surface area contributed by atoms with E-state index in [0.29, 0.717) is 16.7 Å². The van der Waals surface area contributed by atoms with Crippen molar-refractivity contribution < 1.29 is 14.4 Å². The van der Waals surface area contributed by atoms with Gasteiger partial charge in [0.1, 0.15) is 0 Å². The summed E-state index contributed by atoms with van der Waals surface area (Å²) in [7, 11) is 0. The monoisotopic (exact) mass is 392 g/mol. The zero-order valence-corrected chi connectivity index (χ0v) is 16.0. The molecule has 3 saturated heterocycles. The second-order valence-electron chi connectivity index (χ2n) is 7.53. The van der Waals surface area contributed by atoms with Crippen molar-refractivity contribution in [3.63, 3.8) is 0 Å². The molecule has 0 saturated carbocycles. The highest BCUT2D eigenvalue weighted by Crippen LogP contribution is 2.37. The van der Waals surface area contributed by atoms with Gasteiger partial charge in [0.25, 0.3) is 5.91 Å². The first-order valence-electron chi connectivity index (χ1n) is 9.29. The van der Waals surface area contributed by atoms with Gasteiger partial charge in [0, 0.05) is 38.0 Å². The zero-order chi connectivity index (χ0) is 18.1. The van der Waals surface area contributed by atoms with Gasteiger partial charge in [-0.05, 0) is 55.5 Å². The Morgan fingerprint density at radius 1 is 1.00 bits per heavy atom. The Balaban J connectivity index is 0.00000210. The standard InChI is InChI=1S/C19H24N4O3.ClH/c24-16-5-6-17(25)23(21-16)15-3-1-14(2-4-15)18(26)22-11-8-19(9-12-22)7-10-20-13-19;/h1-4,20H,5-13H2,(H,21,24);1H. The van der Waals surface area contributed by atoms with Gasteiger partial charge < -0.3 is 10.2 Å². The summed E-state index contributed by atoms with van der Waals surface area (Å²) in [6.45, 7) is 3.74. The van der Waals surface area contributed by atoms with Gasteiger partial charge in [-0.3, -0.25) is 19.8 Å². The number of hydrazine groups is 1. The molecule has 1 aromatic carbocycles. The van der Waals surface area contributed by atoms with E-state index >= 15 is 0 Å². The summed E-state index contributed by atoms with van der Waals surface area (Å²) < 4.78 is 0. The molecule has 0 radical (unpaired) electrons. The third-order valence-electron chi connectivity index (χ3n) is 5.87. The fourth-order valence-electron chi connectivity index (χ4n) is 4.13. The Bertz CT molecular complexity index is 721.